The molecule has 2 fully saturated rings. The lowest BCUT2D eigenvalue weighted by molar-refractivity contribution is -0.0265. The maximum atomic E-state index is 6.14. The number of hydrogen-bond donors (Lipinski definition) is 2. The third kappa shape index (κ3) is 5.31. The number of hydrogen-bond acceptors (Lipinski definition) is 4. The molecule has 0 radical (unpaired) electrons. The van der Waals surface area contributed by atoms with Crippen molar-refractivity contribution in [2.75, 3.05) is 45.3 Å². The summed E-state index contributed by atoms with van der Waals surface area (Å²) in [6, 6.07) is 19.1. The van der Waals surface area contributed by atoms with Crippen LogP contribution in [0.5, 0.6) is 5.75 Å². The zero-order chi connectivity index (χ0) is 21.5. The van der Waals surface area contributed by atoms with E-state index in [0.29, 0.717) is 12.0 Å². The maximum absolute atomic E-state index is 6.14. The minimum absolute atomic E-state index is 0.146. The largest absolute Gasteiger partial charge is 0.495 e. The molecule has 2 aliphatic heterocycles. The molecule has 166 valence electrons. The van der Waals surface area contributed by atoms with Gasteiger partial charge in [0.05, 0.1) is 18.9 Å². The zero-order valence-electron chi connectivity index (χ0n) is 18.6. The van der Waals surface area contributed by atoms with Gasteiger partial charge in [-0.15, -0.1) is 0 Å². The molecule has 2 heterocycles. The zero-order valence-corrected chi connectivity index (χ0v) is 18.6. The number of guanidine groups is 1. The summed E-state index contributed by atoms with van der Waals surface area (Å²) in [5, 5.41) is 7.17. The van der Waals surface area contributed by atoms with E-state index < -0.39 is 0 Å². The Labute approximate surface area is 185 Å². The summed E-state index contributed by atoms with van der Waals surface area (Å²) in [5.41, 5.74) is 2.42. The molecule has 6 heteroatoms. The fraction of sp³-hybridized carbons (Fsp3) is 0.480. The minimum Gasteiger partial charge on any atom is -0.495 e. The third-order valence-electron chi connectivity index (χ3n) is 6.28. The van der Waals surface area contributed by atoms with Gasteiger partial charge in [0.2, 0.25) is 0 Å². The second-order valence-corrected chi connectivity index (χ2v) is 8.31. The molecule has 6 nitrogen and oxygen atoms in total. The maximum Gasteiger partial charge on any atom is 0.191 e. The van der Waals surface area contributed by atoms with Crippen molar-refractivity contribution in [3.63, 3.8) is 0 Å². The van der Waals surface area contributed by atoms with E-state index in [1.165, 1.54) is 5.56 Å². The number of nitrogens with one attached hydrogen (secondary N) is 2. The summed E-state index contributed by atoms with van der Waals surface area (Å²) in [5.74, 6) is 2.22. The van der Waals surface area contributed by atoms with E-state index in [1.807, 2.05) is 19.2 Å². The Hall–Kier alpha value is -2.73. The summed E-state index contributed by atoms with van der Waals surface area (Å²) in [6.45, 7) is 3.62. The van der Waals surface area contributed by atoms with Crippen LogP contribution in [-0.4, -0.2) is 52.4 Å². The minimum atomic E-state index is 0.146. The van der Waals surface area contributed by atoms with Crippen molar-refractivity contribution in [3.05, 3.63) is 60.2 Å². The van der Waals surface area contributed by atoms with Gasteiger partial charge in [0.1, 0.15) is 5.75 Å². The van der Waals surface area contributed by atoms with Crippen molar-refractivity contribution >= 4 is 11.6 Å². The molecule has 2 aromatic rings. The Morgan fingerprint density at radius 3 is 2.74 bits per heavy atom. The van der Waals surface area contributed by atoms with Crippen LogP contribution in [0.25, 0.3) is 0 Å². The van der Waals surface area contributed by atoms with Crippen LogP contribution in [-0.2, 0) is 4.74 Å². The molecule has 0 aromatic heterocycles. The van der Waals surface area contributed by atoms with Crippen molar-refractivity contribution < 1.29 is 9.47 Å². The third-order valence-corrected chi connectivity index (χ3v) is 6.28. The summed E-state index contributed by atoms with van der Waals surface area (Å²) >= 11 is 0. The fourth-order valence-corrected chi connectivity index (χ4v) is 4.67. The number of para-hydroxylation sites is 2. The highest BCUT2D eigenvalue weighted by Crippen LogP contribution is 2.33. The topological polar surface area (TPSA) is 58.1 Å². The molecule has 31 heavy (non-hydrogen) atoms. The van der Waals surface area contributed by atoms with Gasteiger partial charge in [-0.25, -0.2) is 0 Å². The lowest BCUT2D eigenvalue weighted by Gasteiger charge is -2.33. The van der Waals surface area contributed by atoms with E-state index in [2.05, 4.69) is 63.0 Å². The first-order valence-electron chi connectivity index (χ1n) is 11.3. The van der Waals surface area contributed by atoms with Crippen molar-refractivity contribution in [1.82, 2.24) is 10.6 Å². The molecular formula is C25H34N4O2. The van der Waals surface area contributed by atoms with Crippen LogP contribution in [0, 0.1) is 5.92 Å². The Balaban J connectivity index is 1.32. The van der Waals surface area contributed by atoms with Crippen molar-refractivity contribution in [1.29, 1.82) is 0 Å². The highest BCUT2D eigenvalue weighted by Gasteiger charge is 2.28. The first-order valence-corrected chi connectivity index (χ1v) is 11.3. The Morgan fingerprint density at radius 1 is 1.13 bits per heavy atom. The van der Waals surface area contributed by atoms with Crippen LogP contribution in [0.15, 0.2) is 59.6 Å². The molecule has 3 atom stereocenters. The Bertz CT molecular complexity index is 858. The molecule has 3 unspecified atom stereocenters. The van der Waals surface area contributed by atoms with Gasteiger partial charge in [-0.2, -0.15) is 0 Å². The molecule has 4 rings (SSSR count). The molecule has 2 aliphatic rings. The molecule has 2 aromatic carbocycles. The average molecular weight is 423 g/mol. The first-order chi connectivity index (χ1) is 15.3. The molecule has 0 spiro atoms. The molecule has 0 aliphatic carbocycles. The van der Waals surface area contributed by atoms with Gasteiger partial charge in [0.15, 0.2) is 5.96 Å². The van der Waals surface area contributed by atoms with Gasteiger partial charge >= 0.3 is 0 Å². The summed E-state index contributed by atoms with van der Waals surface area (Å²) in [6.07, 6.45) is 3.48. The van der Waals surface area contributed by atoms with E-state index in [1.54, 1.807) is 7.11 Å². The first kappa shape index (κ1) is 21.5. The van der Waals surface area contributed by atoms with E-state index in [4.69, 9.17) is 9.47 Å². The summed E-state index contributed by atoms with van der Waals surface area (Å²) < 4.78 is 11.7. The number of aliphatic imine (C=N–C) groups is 1. The molecule has 2 saturated heterocycles. The molecule has 0 saturated carbocycles. The lowest BCUT2D eigenvalue weighted by Crippen LogP contribution is -2.46. The highest BCUT2D eigenvalue weighted by molar-refractivity contribution is 5.80. The second-order valence-electron chi connectivity index (χ2n) is 8.31. The monoisotopic (exact) mass is 422 g/mol. The smallest absolute Gasteiger partial charge is 0.191 e. The predicted molar refractivity (Wildman–Crippen MR) is 126 cm³/mol. The summed E-state index contributed by atoms with van der Waals surface area (Å²) in [4.78, 5) is 6.85. The summed E-state index contributed by atoms with van der Waals surface area (Å²) in [7, 11) is 3.57. The molecule has 0 amide bonds. The second kappa shape index (κ2) is 10.5. The SMILES string of the molecule is CN=C(NCC1CCCOC1c1ccccc1)NC1CCN(c2ccccc2OC)C1. The lowest BCUT2D eigenvalue weighted by atomic mass is 9.89. The van der Waals surface area contributed by atoms with E-state index in [-0.39, 0.29) is 6.10 Å². The van der Waals surface area contributed by atoms with Gasteiger partial charge in [-0.05, 0) is 37.0 Å². The van der Waals surface area contributed by atoms with Gasteiger partial charge in [0, 0.05) is 45.2 Å². The number of anilines is 1. The van der Waals surface area contributed by atoms with Gasteiger partial charge in [-0.3, -0.25) is 4.99 Å². The average Bonchev–Trinajstić information content (AvgIpc) is 3.30. The van der Waals surface area contributed by atoms with E-state index >= 15 is 0 Å². The quantitative estimate of drug-likeness (QED) is 0.550. The van der Waals surface area contributed by atoms with Crippen molar-refractivity contribution in [2.24, 2.45) is 10.9 Å². The van der Waals surface area contributed by atoms with Crippen LogP contribution in [0.4, 0.5) is 5.69 Å². The van der Waals surface area contributed by atoms with Crippen molar-refractivity contribution in [3.8, 4) is 5.75 Å². The Morgan fingerprint density at radius 2 is 1.94 bits per heavy atom. The fourth-order valence-electron chi connectivity index (χ4n) is 4.67. The number of methoxy groups -OCH3 is 1. The van der Waals surface area contributed by atoms with E-state index in [9.17, 15) is 0 Å². The number of benzene rings is 2. The normalized spacial score (nSPS) is 24.1. The number of nitrogens with zero attached hydrogens (tertiary/aromatic N) is 2. The molecular weight excluding hydrogens is 388 g/mol. The Kier molecular flexibility index (Phi) is 7.30. The van der Waals surface area contributed by atoms with Gasteiger partial charge in [0.25, 0.3) is 0 Å². The molecule has 2 N–H and O–H groups in total. The molecule has 0 bridgehead atoms. The van der Waals surface area contributed by atoms with Crippen LogP contribution in [0.2, 0.25) is 0 Å². The number of rotatable bonds is 6. The number of ether oxygens (including phenoxy) is 2. The van der Waals surface area contributed by atoms with Crippen LogP contribution in [0.1, 0.15) is 30.9 Å². The van der Waals surface area contributed by atoms with Crippen LogP contribution < -0.4 is 20.3 Å². The van der Waals surface area contributed by atoms with Gasteiger partial charge < -0.3 is 25.0 Å². The standard InChI is InChI=1S/C25H34N4O2/c1-26-25(27-17-20-11-8-16-31-24(20)19-9-4-3-5-10-19)28-21-14-15-29(18-21)22-12-6-7-13-23(22)30-2/h3-7,9-10,12-13,20-21,24H,8,11,14-18H2,1-2H3,(H2,26,27,28). The van der Waals surface area contributed by atoms with Gasteiger partial charge in [-0.1, -0.05) is 42.5 Å². The van der Waals surface area contributed by atoms with Crippen LogP contribution >= 0.6 is 0 Å². The van der Waals surface area contributed by atoms with E-state index in [0.717, 1.165) is 62.9 Å². The van der Waals surface area contributed by atoms with Crippen molar-refractivity contribution in [2.45, 2.75) is 31.4 Å². The predicted octanol–water partition coefficient (Wildman–Crippen LogP) is 3.61. The highest BCUT2D eigenvalue weighted by atomic mass is 16.5. The van der Waals surface area contributed by atoms with Crippen LogP contribution in [0.3, 0.4) is 0 Å².